The second-order valence-electron chi connectivity index (χ2n) is 6.47. The van der Waals surface area contributed by atoms with Crippen LogP contribution in [0.5, 0.6) is 5.75 Å². The van der Waals surface area contributed by atoms with Gasteiger partial charge in [-0.25, -0.2) is 4.99 Å². The fourth-order valence-electron chi connectivity index (χ4n) is 2.27. The maximum atomic E-state index is 10.7. The standard InChI is InChI=1S/C18H30N4O2.HI/c1-13(2)6-4-7-14(3)22-18(20)21-11-15-8-5-9-16(10-15)24-12-17(19)23;/h5,8-10,13-14H,4,6-7,11-12H2,1-3H3,(H2,19,23)(H3,20,21,22);1H. The summed E-state index contributed by atoms with van der Waals surface area (Å²) in [6.45, 7) is 6.89. The van der Waals surface area contributed by atoms with E-state index >= 15 is 0 Å². The third kappa shape index (κ3) is 11.6. The molecule has 7 heteroatoms. The van der Waals surface area contributed by atoms with Gasteiger partial charge in [0.1, 0.15) is 5.75 Å². The highest BCUT2D eigenvalue weighted by Gasteiger charge is 2.04. The van der Waals surface area contributed by atoms with E-state index in [-0.39, 0.29) is 30.6 Å². The summed E-state index contributed by atoms with van der Waals surface area (Å²) in [7, 11) is 0. The van der Waals surface area contributed by atoms with Gasteiger partial charge in [-0.05, 0) is 37.0 Å². The van der Waals surface area contributed by atoms with Crippen molar-refractivity contribution < 1.29 is 9.53 Å². The number of amides is 1. The average molecular weight is 462 g/mol. The van der Waals surface area contributed by atoms with Crippen LogP contribution < -0.4 is 21.5 Å². The molecule has 0 bridgehead atoms. The van der Waals surface area contributed by atoms with E-state index in [0.717, 1.165) is 17.9 Å². The number of guanidine groups is 1. The predicted octanol–water partition coefficient (Wildman–Crippen LogP) is 2.79. The summed E-state index contributed by atoms with van der Waals surface area (Å²) < 4.78 is 5.27. The van der Waals surface area contributed by atoms with E-state index in [1.165, 1.54) is 12.8 Å². The fraction of sp³-hybridized carbons (Fsp3) is 0.556. The normalized spacial score (nSPS) is 12.4. The Hall–Kier alpha value is -1.51. The number of carbonyl (C=O) groups excluding carboxylic acids is 1. The largest absolute Gasteiger partial charge is 0.484 e. The second-order valence-corrected chi connectivity index (χ2v) is 6.47. The molecule has 1 aromatic carbocycles. The first-order chi connectivity index (χ1) is 11.4. The Balaban J connectivity index is 0.00000576. The molecule has 5 N–H and O–H groups in total. The van der Waals surface area contributed by atoms with E-state index in [1.54, 1.807) is 6.07 Å². The van der Waals surface area contributed by atoms with Crippen LogP contribution in [0, 0.1) is 5.92 Å². The van der Waals surface area contributed by atoms with Crippen molar-refractivity contribution in [3.8, 4) is 5.75 Å². The van der Waals surface area contributed by atoms with Crippen LogP contribution in [-0.2, 0) is 11.3 Å². The van der Waals surface area contributed by atoms with E-state index in [1.807, 2.05) is 18.2 Å². The molecule has 0 radical (unpaired) electrons. The van der Waals surface area contributed by atoms with Crippen molar-refractivity contribution in [1.82, 2.24) is 5.32 Å². The molecule has 0 saturated heterocycles. The van der Waals surface area contributed by atoms with Crippen LogP contribution in [0.2, 0.25) is 0 Å². The Bertz CT molecular complexity index is 550. The van der Waals surface area contributed by atoms with Crippen molar-refractivity contribution in [3.63, 3.8) is 0 Å². The van der Waals surface area contributed by atoms with Crippen molar-refractivity contribution in [2.75, 3.05) is 6.61 Å². The SMILES string of the molecule is CC(C)CCCC(C)NC(N)=NCc1cccc(OCC(N)=O)c1.I. The zero-order valence-corrected chi connectivity index (χ0v) is 17.7. The number of carbonyl (C=O) groups is 1. The lowest BCUT2D eigenvalue weighted by atomic mass is 10.0. The number of nitrogens with two attached hydrogens (primary N) is 2. The highest BCUT2D eigenvalue weighted by Crippen LogP contribution is 2.14. The Morgan fingerprint density at radius 3 is 2.60 bits per heavy atom. The monoisotopic (exact) mass is 462 g/mol. The van der Waals surface area contributed by atoms with E-state index in [9.17, 15) is 4.79 Å². The fourth-order valence-corrected chi connectivity index (χ4v) is 2.27. The lowest BCUT2D eigenvalue weighted by molar-refractivity contribution is -0.119. The summed E-state index contributed by atoms with van der Waals surface area (Å²) in [5, 5.41) is 3.21. The van der Waals surface area contributed by atoms with Crippen molar-refractivity contribution >= 4 is 35.8 Å². The molecule has 0 aromatic heterocycles. The van der Waals surface area contributed by atoms with E-state index in [4.69, 9.17) is 16.2 Å². The number of halogens is 1. The van der Waals surface area contributed by atoms with Gasteiger partial charge in [-0.15, -0.1) is 24.0 Å². The molecule has 25 heavy (non-hydrogen) atoms. The molecule has 0 saturated carbocycles. The molecule has 1 unspecified atom stereocenters. The quantitative estimate of drug-likeness (QED) is 0.283. The molecular weight excluding hydrogens is 431 g/mol. The Morgan fingerprint density at radius 1 is 1.24 bits per heavy atom. The average Bonchev–Trinajstić information content (AvgIpc) is 2.51. The van der Waals surface area contributed by atoms with Crippen LogP contribution in [0.3, 0.4) is 0 Å². The number of nitrogens with zero attached hydrogens (tertiary/aromatic N) is 1. The predicted molar refractivity (Wildman–Crippen MR) is 113 cm³/mol. The lowest BCUT2D eigenvalue weighted by Crippen LogP contribution is -2.38. The molecule has 142 valence electrons. The first-order valence-electron chi connectivity index (χ1n) is 8.43. The van der Waals surface area contributed by atoms with Gasteiger partial charge in [0, 0.05) is 6.04 Å². The Morgan fingerprint density at radius 2 is 1.96 bits per heavy atom. The van der Waals surface area contributed by atoms with E-state index in [0.29, 0.717) is 24.3 Å². The van der Waals surface area contributed by atoms with Gasteiger partial charge in [0.25, 0.3) is 5.91 Å². The zero-order valence-electron chi connectivity index (χ0n) is 15.3. The molecule has 0 aliphatic carbocycles. The number of benzene rings is 1. The molecule has 6 nitrogen and oxygen atoms in total. The molecule has 0 heterocycles. The van der Waals surface area contributed by atoms with Crippen LogP contribution in [0.1, 0.15) is 45.6 Å². The van der Waals surface area contributed by atoms with Crippen LogP contribution in [-0.4, -0.2) is 24.5 Å². The number of hydrogen-bond donors (Lipinski definition) is 3. The van der Waals surface area contributed by atoms with Gasteiger partial charge in [-0.3, -0.25) is 4.79 Å². The first kappa shape index (κ1) is 23.5. The van der Waals surface area contributed by atoms with E-state index < -0.39 is 5.91 Å². The van der Waals surface area contributed by atoms with Gasteiger partial charge in [0.2, 0.25) is 0 Å². The molecule has 1 rings (SSSR count). The number of primary amides is 1. The first-order valence-corrected chi connectivity index (χ1v) is 8.43. The zero-order chi connectivity index (χ0) is 17.9. The molecule has 0 aliphatic rings. The van der Waals surface area contributed by atoms with Gasteiger partial charge in [-0.2, -0.15) is 0 Å². The second kappa shape index (κ2) is 12.8. The van der Waals surface area contributed by atoms with Gasteiger partial charge in [0.05, 0.1) is 6.54 Å². The van der Waals surface area contributed by atoms with Gasteiger partial charge >= 0.3 is 0 Å². The topological polar surface area (TPSA) is 103 Å². The van der Waals surface area contributed by atoms with Crippen molar-refractivity contribution in [2.45, 2.75) is 52.6 Å². The summed E-state index contributed by atoms with van der Waals surface area (Å²) in [5.74, 6) is 1.26. The number of hydrogen-bond acceptors (Lipinski definition) is 3. The van der Waals surface area contributed by atoms with Crippen molar-refractivity contribution in [1.29, 1.82) is 0 Å². The van der Waals surface area contributed by atoms with Gasteiger partial charge in [0.15, 0.2) is 12.6 Å². The molecule has 1 aromatic rings. The van der Waals surface area contributed by atoms with Crippen LogP contribution in [0.4, 0.5) is 0 Å². The molecule has 0 spiro atoms. The minimum absolute atomic E-state index is 0. The molecule has 1 amide bonds. The molecule has 0 fully saturated rings. The summed E-state index contributed by atoms with van der Waals surface area (Å²) in [6, 6.07) is 7.68. The summed E-state index contributed by atoms with van der Waals surface area (Å²) in [6.07, 6.45) is 3.48. The number of ether oxygens (including phenoxy) is 1. The number of nitrogens with one attached hydrogen (secondary N) is 1. The molecular formula is C18H31IN4O2. The van der Waals surface area contributed by atoms with Gasteiger partial charge in [-0.1, -0.05) is 38.8 Å². The third-order valence-corrected chi connectivity index (χ3v) is 3.52. The maximum Gasteiger partial charge on any atom is 0.255 e. The van der Waals surface area contributed by atoms with Crippen molar-refractivity contribution in [3.05, 3.63) is 29.8 Å². The Labute approximate surface area is 167 Å². The minimum Gasteiger partial charge on any atom is -0.484 e. The highest BCUT2D eigenvalue weighted by atomic mass is 127. The number of rotatable bonds is 10. The lowest BCUT2D eigenvalue weighted by Gasteiger charge is -2.15. The van der Waals surface area contributed by atoms with Crippen LogP contribution in [0.25, 0.3) is 0 Å². The van der Waals surface area contributed by atoms with Crippen LogP contribution >= 0.6 is 24.0 Å². The molecule has 0 aliphatic heterocycles. The third-order valence-electron chi connectivity index (χ3n) is 3.52. The summed E-state index contributed by atoms with van der Waals surface area (Å²) in [5.41, 5.74) is 12.0. The van der Waals surface area contributed by atoms with Crippen molar-refractivity contribution in [2.24, 2.45) is 22.4 Å². The highest BCUT2D eigenvalue weighted by molar-refractivity contribution is 14.0. The van der Waals surface area contributed by atoms with E-state index in [2.05, 4.69) is 31.1 Å². The maximum absolute atomic E-state index is 10.7. The minimum atomic E-state index is -0.502. The van der Waals surface area contributed by atoms with Gasteiger partial charge < -0.3 is 21.5 Å². The van der Waals surface area contributed by atoms with Crippen LogP contribution in [0.15, 0.2) is 29.3 Å². The Kier molecular flexibility index (Phi) is 12.0. The summed E-state index contributed by atoms with van der Waals surface area (Å²) >= 11 is 0. The number of aliphatic imine (C=N–C) groups is 1. The smallest absolute Gasteiger partial charge is 0.255 e. The summed E-state index contributed by atoms with van der Waals surface area (Å²) in [4.78, 5) is 15.1. The molecule has 1 atom stereocenters.